The molecule has 0 saturated heterocycles. The summed E-state index contributed by atoms with van der Waals surface area (Å²) in [6, 6.07) is -0.312. The fourth-order valence-corrected chi connectivity index (χ4v) is 2.29. The van der Waals surface area contributed by atoms with Crippen LogP contribution >= 0.6 is 0 Å². The van der Waals surface area contributed by atoms with Gasteiger partial charge in [0, 0.05) is 12.1 Å². The molecule has 0 bridgehead atoms. The van der Waals surface area contributed by atoms with E-state index < -0.39 is 18.1 Å². The highest BCUT2D eigenvalue weighted by Crippen LogP contribution is 2.38. The fraction of sp³-hybridized carbons (Fsp3) is 1.00. The second kappa shape index (κ2) is 5.17. The molecule has 0 aromatic heterocycles. The minimum absolute atomic E-state index is 0.00635. The number of alkyl halides is 3. The maximum absolute atomic E-state index is 12.9. The first-order valence-corrected chi connectivity index (χ1v) is 6.45. The quantitative estimate of drug-likeness (QED) is 0.778. The molecule has 3 atom stereocenters. The Bertz CT molecular complexity index is 242. The van der Waals surface area contributed by atoms with Gasteiger partial charge in [-0.15, -0.1) is 0 Å². The molecule has 1 saturated carbocycles. The van der Waals surface area contributed by atoms with Crippen molar-refractivity contribution in [3.63, 3.8) is 0 Å². The maximum atomic E-state index is 12.9. The van der Waals surface area contributed by atoms with Crippen molar-refractivity contribution in [1.82, 2.24) is 5.32 Å². The lowest BCUT2D eigenvalue weighted by Gasteiger charge is -2.39. The average Bonchev–Trinajstić information content (AvgIpc) is 2.15. The van der Waals surface area contributed by atoms with Crippen molar-refractivity contribution in [2.24, 2.45) is 11.3 Å². The SMILES string of the molecule is CC(NC1CCCCC1C(F)(F)F)C(C)(C)C. The summed E-state index contributed by atoms with van der Waals surface area (Å²) in [6.45, 7) is 8.13. The molecule has 4 heteroatoms. The van der Waals surface area contributed by atoms with Gasteiger partial charge in [0.05, 0.1) is 5.92 Å². The zero-order valence-corrected chi connectivity index (χ0v) is 11.2. The Morgan fingerprint density at radius 2 is 1.59 bits per heavy atom. The molecule has 0 aliphatic heterocycles. The van der Waals surface area contributed by atoms with Crippen molar-refractivity contribution in [1.29, 1.82) is 0 Å². The molecule has 0 heterocycles. The van der Waals surface area contributed by atoms with E-state index in [0.29, 0.717) is 12.8 Å². The van der Waals surface area contributed by atoms with Crippen LogP contribution in [0.25, 0.3) is 0 Å². The molecule has 0 radical (unpaired) electrons. The van der Waals surface area contributed by atoms with E-state index in [9.17, 15) is 13.2 Å². The number of hydrogen-bond donors (Lipinski definition) is 1. The summed E-state index contributed by atoms with van der Waals surface area (Å²) in [5, 5.41) is 3.20. The number of rotatable bonds is 2. The first kappa shape index (κ1) is 14.8. The van der Waals surface area contributed by atoms with E-state index in [4.69, 9.17) is 0 Å². The Morgan fingerprint density at radius 3 is 2.06 bits per heavy atom. The molecule has 1 rings (SSSR count). The predicted octanol–water partition coefficient (Wildman–Crippen LogP) is 4.13. The van der Waals surface area contributed by atoms with Crippen molar-refractivity contribution < 1.29 is 13.2 Å². The fourth-order valence-electron chi connectivity index (χ4n) is 2.29. The lowest BCUT2D eigenvalue weighted by molar-refractivity contribution is -0.190. The molecule has 3 unspecified atom stereocenters. The third-order valence-electron chi connectivity index (χ3n) is 3.95. The molecule has 1 nitrogen and oxygen atoms in total. The molecule has 17 heavy (non-hydrogen) atoms. The first-order valence-electron chi connectivity index (χ1n) is 6.45. The van der Waals surface area contributed by atoms with Crippen molar-refractivity contribution in [3.8, 4) is 0 Å². The van der Waals surface area contributed by atoms with Gasteiger partial charge in [0.15, 0.2) is 0 Å². The van der Waals surface area contributed by atoms with Gasteiger partial charge in [-0.3, -0.25) is 0 Å². The maximum Gasteiger partial charge on any atom is 0.393 e. The molecule has 0 spiro atoms. The van der Waals surface area contributed by atoms with Crippen LogP contribution in [0.15, 0.2) is 0 Å². The summed E-state index contributed by atoms with van der Waals surface area (Å²) in [7, 11) is 0. The molecule has 0 aromatic carbocycles. The Kier molecular flexibility index (Phi) is 4.50. The summed E-state index contributed by atoms with van der Waals surface area (Å²) in [5.74, 6) is -1.17. The van der Waals surface area contributed by atoms with Crippen molar-refractivity contribution in [2.75, 3.05) is 0 Å². The minimum Gasteiger partial charge on any atom is -0.310 e. The molecular formula is C13H24F3N. The Balaban J connectivity index is 2.67. The Hall–Kier alpha value is -0.250. The minimum atomic E-state index is -4.06. The molecule has 1 aliphatic rings. The normalized spacial score (nSPS) is 29.1. The van der Waals surface area contributed by atoms with Gasteiger partial charge in [-0.05, 0) is 25.2 Å². The third-order valence-corrected chi connectivity index (χ3v) is 3.95. The van der Waals surface area contributed by atoms with Gasteiger partial charge in [-0.25, -0.2) is 0 Å². The van der Waals surface area contributed by atoms with Gasteiger partial charge >= 0.3 is 6.18 Å². The van der Waals surface area contributed by atoms with Crippen LogP contribution in [0.2, 0.25) is 0 Å². The van der Waals surface area contributed by atoms with Crippen molar-refractivity contribution in [2.45, 2.75) is 71.6 Å². The van der Waals surface area contributed by atoms with Gasteiger partial charge < -0.3 is 5.32 Å². The molecule has 0 amide bonds. The second-order valence-corrected chi connectivity index (χ2v) is 6.29. The van der Waals surface area contributed by atoms with E-state index in [1.165, 1.54) is 0 Å². The van der Waals surface area contributed by atoms with Crippen LogP contribution in [0, 0.1) is 11.3 Å². The second-order valence-electron chi connectivity index (χ2n) is 6.29. The zero-order valence-electron chi connectivity index (χ0n) is 11.2. The van der Waals surface area contributed by atoms with E-state index in [1.807, 2.05) is 6.92 Å². The van der Waals surface area contributed by atoms with Crippen molar-refractivity contribution >= 4 is 0 Å². The highest BCUT2D eigenvalue weighted by molar-refractivity contribution is 4.89. The third kappa shape index (κ3) is 4.16. The lowest BCUT2D eigenvalue weighted by Crippen LogP contribution is -2.51. The summed E-state index contributed by atoms with van der Waals surface area (Å²) < 4.78 is 38.7. The van der Waals surface area contributed by atoms with Gasteiger partial charge in [-0.1, -0.05) is 33.6 Å². The number of halogens is 3. The summed E-state index contributed by atoms with van der Waals surface area (Å²) in [5.41, 5.74) is -0.00635. The van der Waals surface area contributed by atoms with E-state index in [-0.39, 0.29) is 17.9 Å². The van der Waals surface area contributed by atoms with Crippen LogP contribution < -0.4 is 5.32 Å². The summed E-state index contributed by atoms with van der Waals surface area (Å²) in [4.78, 5) is 0. The molecule has 1 N–H and O–H groups in total. The summed E-state index contributed by atoms with van der Waals surface area (Å²) >= 11 is 0. The van der Waals surface area contributed by atoms with Gasteiger partial charge in [-0.2, -0.15) is 13.2 Å². The molecule has 102 valence electrons. The largest absolute Gasteiger partial charge is 0.393 e. The smallest absolute Gasteiger partial charge is 0.310 e. The van der Waals surface area contributed by atoms with Crippen LogP contribution in [0.3, 0.4) is 0 Å². The van der Waals surface area contributed by atoms with Gasteiger partial charge in [0.2, 0.25) is 0 Å². The van der Waals surface area contributed by atoms with E-state index in [1.54, 1.807) is 0 Å². The highest BCUT2D eigenvalue weighted by Gasteiger charge is 2.46. The van der Waals surface area contributed by atoms with Crippen LogP contribution in [0.5, 0.6) is 0 Å². The predicted molar refractivity (Wildman–Crippen MR) is 63.9 cm³/mol. The molecular weight excluding hydrogens is 227 g/mol. The highest BCUT2D eigenvalue weighted by atomic mass is 19.4. The number of nitrogens with one attached hydrogen (secondary N) is 1. The van der Waals surface area contributed by atoms with E-state index in [2.05, 4.69) is 26.1 Å². The van der Waals surface area contributed by atoms with Crippen LogP contribution in [0.1, 0.15) is 53.4 Å². The zero-order chi connectivity index (χ0) is 13.3. The monoisotopic (exact) mass is 251 g/mol. The van der Waals surface area contributed by atoms with Crippen LogP contribution in [-0.4, -0.2) is 18.3 Å². The van der Waals surface area contributed by atoms with Crippen LogP contribution in [0.4, 0.5) is 13.2 Å². The van der Waals surface area contributed by atoms with Crippen LogP contribution in [-0.2, 0) is 0 Å². The summed E-state index contributed by atoms with van der Waals surface area (Å²) in [6.07, 6.45) is -1.54. The lowest BCUT2D eigenvalue weighted by atomic mass is 9.81. The average molecular weight is 251 g/mol. The Morgan fingerprint density at radius 1 is 1.06 bits per heavy atom. The standard InChI is InChI=1S/C13H24F3N/c1-9(12(2,3)4)17-11-8-6-5-7-10(11)13(14,15)16/h9-11,17H,5-8H2,1-4H3. The number of hydrogen-bond acceptors (Lipinski definition) is 1. The van der Waals surface area contributed by atoms with Crippen molar-refractivity contribution in [3.05, 3.63) is 0 Å². The van der Waals surface area contributed by atoms with E-state index in [0.717, 1.165) is 6.42 Å². The van der Waals surface area contributed by atoms with Gasteiger partial charge in [0.1, 0.15) is 0 Å². The molecule has 1 aliphatic carbocycles. The van der Waals surface area contributed by atoms with E-state index >= 15 is 0 Å². The van der Waals surface area contributed by atoms with Gasteiger partial charge in [0.25, 0.3) is 0 Å². The molecule has 1 fully saturated rings. The topological polar surface area (TPSA) is 12.0 Å². The first-order chi connectivity index (χ1) is 7.62. The Labute approximate surface area is 102 Å². The molecule has 0 aromatic rings.